The molecule has 2 nitrogen and oxygen atoms in total. The summed E-state index contributed by atoms with van der Waals surface area (Å²) in [6, 6.07) is 4.34. The van der Waals surface area contributed by atoms with Crippen LogP contribution >= 0.6 is 11.3 Å². The number of hydrogen-bond donors (Lipinski definition) is 0. The molecular formula is C19H26N2S. The van der Waals surface area contributed by atoms with Gasteiger partial charge in [0.25, 0.3) is 0 Å². The van der Waals surface area contributed by atoms with E-state index in [9.17, 15) is 0 Å². The first-order chi connectivity index (χ1) is 10.2. The van der Waals surface area contributed by atoms with E-state index in [4.69, 9.17) is 0 Å². The van der Waals surface area contributed by atoms with Gasteiger partial charge >= 0.3 is 0 Å². The van der Waals surface area contributed by atoms with E-state index in [1.54, 1.807) is 0 Å². The molecule has 0 spiro atoms. The fraction of sp³-hybridized carbons (Fsp3) is 0.579. The van der Waals surface area contributed by atoms with Crippen LogP contribution in [0.4, 0.5) is 0 Å². The summed E-state index contributed by atoms with van der Waals surface area (Å²) in [5, 5.41) is 1.25. The lowest BCUT2D eigenvalue weighted by Gasteiger charge is -2.21. The van der Waals surface area contributed by atoms with E-state index in [0.29, 0.717) is 11.8 Å². The normalized spacial score (nSPS) is 21.9. The number of pyridine rings is 1. The van der Waals surface area contributed by atoms with Gasteiger partial charge in [0.1, 0.15) is 0 Å². The number of thiazole rings is 1. The molecule has 3 rings (SSSR count). The highest BCUT2D eigenvalue weighted by atomic mass is 32.1. The number of rotatable bonds is 2. The molecule has 1 aliphatic carbocycles. The zero-order chi connectivity index (χ0) is 16.1. The third-order valence-electron chi connectivity index (χ3n) is 4.27. The zero-order valence-corrected chi connectivity index (χ0v) is 15.3. The van der Waals surface area contributed by atoms with Crippen molar-refractivity contribution in [2.75, 3.05) is 0 Å². The molecule has 1 aliphatic rings. The Balaban J connectivity index is 1.85. The molecule has 0 bridgehead atoms. The van der Waals surface area contributed by atoms with E-state index in [-0.39, 0.29) is 10.8 Å². The van der Waals surface area contributed by atoms with E-state index < -0.39 is 0 Å². The Morgan fingerprint density at radius 3 is 2.32 bits per heavy atom. The van der Waals surface area contributed by atoms with Crippen molar-refractivity contribution < 1.29 is 0 Å². The van der Waals surface area contributed by atoms with Crippen LogP contribution in [0.15, 0.2) is 24.5 Å². The Morgan fingerprint density at radius 2 is 1.73 bits per heavy atom. The molecule has 2 aromatic rings. The summed E-state index contributed by atoms with van der Waals surface area (Å²) in [6.45, 7) is 13.5. The lowest BCUT2D eigenvalue weighted by molar-refractivity contribution is 0.560. The van der Waals surface area contributed by atoms with Gasteiger partial charge < -0.3 is 0 Å². The molecule has 0 aliphatic heterocycles. The van der Waals surface area contributed by atoms with Crippen molar-refractivity contribution in [2.24, 2.45) is 0 Å². The minimum absolute atomic E-state index is 0.105. The Morgan fingerprint density at radius 1 is 1.00 bits per heavy atom. The van der Waals surface area contributed by atoms with E-state index in [2.05, 4.69) is 69.8 Å². The van der Waals surface area contributed by atoms with Gasteiger partial charge in [0.2, 0.25) is 0 Å². The minimum Gasteiger partial charge on any atom is -0.260 e. The van der Waals surface area contributed by atoms with Crippen molar-refractivity contribution >= 4 is 11.3 Å². The largest absolute Gasteiger partial charge is 0.260 e. The van der Waals surface area contributed by atoms with Gasteiger partial charge in [-0.05, 0) is 24.0 Å². The fourth-order valence-electron chi connectivity index (χ4n) is 3.00. The third kappa shape index (κ3) is 2.96. The maximum atomic E-state index is 4.67. The van der Waals surface area contributed by atoms with Crippen LogP contribution in [0.3, 0.4) is 0 Å². The first-order valence-electron chi connectivity index (χ1n) is 8.09. The summed E-state index contributed by atoms with van der Waals surface area (Å²) in [5.74, 6) is 1.26. The van der Waals surface area contributed by atoms with Gasteiger partial charge in [0, 0.05) is 39.7 Å². The minimum atomic E-state index is 0.105. The first-order valence-corrected chi connectivity index (χ1v) is 8.91. The van der Waals surface area contributed by atoms with Gasteiger partial charge in [-0.3, -0.25) is 4.98 Å². The summed E-state index contributed by atoms with van der Waals surface area (Å²) < 4.78 is 0. The van der Waals surface area contributed by atoms with Gasteiger partial charge in [-0.15, -0.1) is 11.3 Å². The lowest BCUT2D eigenvalue weighted by Crippen LogP contribution is -2.16. The maximum Gasteiger partial charge on any atom is 0.0981 e. The quantitative estimate of drug-likeness (QED) is 0.741. The predicted octanol–water partition coefficient (Wildman–Crippen LogP) is 5.40. The molecule has 3 heteroatoms. The molecule has 0 aromatic carbocycles. The summed E-state index contributed by atoms with van der Waals surface area (Å²) in [6.07, 6.45) is 5.26. The number of nitrogens with zero attached hydrogens (tertiary/aromatic N) is 2. The molecule has 118 valence electrons. The van der Waals surface area contributed by atoms with Crippen LogP contribution in [0, 0.1) is 0 Å². The van der Waals surface area contributed by atoms with E-state index in [1.165, 1.54) is 27.6 Å². The molecular weight excluding hydrogens is 288 g/mol. The molecule has 2 aromatic heterocycles. The summed E-state index contributed by atoms with van der Waals surface area (Å²) in [4.78, 5) is 10.8. The average molecular weight is 314 g/mol. The molecule has 1 saturated carbocycles. The van der Waals surface area contributed by atoms with Crippen molar-refractivity contribution in [3.8, 4) is 0 Å². The standard InChI is InChI=1S/C19H26N2S/c1-18(2,3)16-12(8-7-9-20-16)13-10-14(13)15-11-21-17(22-15)19(4,5)6/h7-9,11,13-14H,10H2,1-6H3. The lowest BCUT2D eigenvalue weighted by atomic mass is 9.86. The smallest absolute Gasteiger partial charge is 0.0981 e. The Labute approximate surface area is 138 Å². The van der Waals surface area contributed by atoms with Gasteiger partial charge in [-0.2, -0.15) is 0 Å². The van der Waals surface area contributed by atoms with Crippen LogP contribution in [-0.4, -0.2) is 9.97 Å². The first kappa shape index (κ1) is 15.7. The Hall–Kier alpha value is -1.22. The van der Waals surface area contributed by atoms with E-state index in [0.717, 1.165) is 0 Å². The summed E-state index contributed by atoms with van der Waals surface area (Å²) >= 11 is 1.89. The van der Waals surface area contributed by atoms with Crippen molar-refractivity contribution in [3.63, 3.8) is 0 Å². The Kier molecular flexibility index (Phi) is 3.67. The molecule has 2 unspecified atom stereocenters. The molecule has 2 atom stereocenters. The molecule has 1 fully saturated rings. The highest BCUT2D eigenvalue weighted by molar-refractivity contribution is 7.11. The number of aromatic nitrogens is 2. The fourth-order valence-corrected chi connectivity index (χ4v) is 4.15. The van der Waals surface area contributed by atoms with Crippen LogP contribution in [0.5, 0.6) is 0 Å². The predicted molar refractivity (Wildman–Crippen MR) is 93.9 cm³/mol. The zero-order valence-electron chi connectivity index (χ0n) is 14.5. The summed E-state index contributed by atoms with van der Waals surface area (Å²) in [5.41, 5.74) is 2.94. The molecule has 0 radical (unpaired) electrons. The van der Waals surface area contributed by atoms with Crippen LogP contribution in [0.2, 0.25) is 0 Å². The SMILES string of the molecule is CC(C)(C)c1ncc(C2CC2c2cccnc2C(C)(C)C)s1. The number of hydrogen-bond acceptors (Lipinski definition) is 3. The second-order valence-electron chi connectivity index (χ2n) is 8.46. The topological polar surface area (TPSA) is 25.8 Å². The Bertz CT molecular complexity index is 673. The maximum absolute atomic E-state index is 4.67. The van der Waals surface area contributed by atoms with E-state index >= 15 is 0 Å². The van der Waals surface area contributed by atoms with Crippen LogP contribution in [-0.2, 0) is 10.8 Å². The molecule has 0 saturated heterocycles. The van der Waals surface area contributed by atoms with Crippen LogP contribution in [0.25, 0.3) is 0 Å². The van der Waals surface area contributed by atoms with Gasteiger partial charge in [-0.25, -0.2) is 4.98 Å². The molecule has 2 heterocycles. The third-order valence-corrected chi connectivity index (χ3v) is 5.82. The van der Waals surface area contributed by atoms with Gasteiger partial charge in [0.05, 0.1) is 5.01 Å². The van der Waals surface area contributed by atoms with Crippen molar-refractivity contribution in [3.05, 3.63) is 45.7 Å². The molecule has 22 heavy (non-hydrogen) atoms. The molecule has 0 N–H and O–H groups in total. The van der Waals surface area contributed by atoms with E-state index in [1.807, 2.05) is 17.5 Å². The van der Waals surface area contributed by atoms with Gasteiger partial charge in [-0.1, -0.05) is 47.6 Å². The van der Waals surface area contributed by atoms with Crippen molar-refractivity contribution in [1.82, 2.24) is 9.97 Å². The second kappa shape index (κ2) is 5.16. The van der Waals surface area contributed by atoms with Crippen molar-refractivity contribution in [2.45, 2.75) is 70.6 Å². The van der Waals surface area contributed by atoms with Crippen molar-refractivity contribution in [1.29, 1.82) is 0 Å². The van der Waals surface area contributed by atoms with Crippen LogP contribution in [0.1, 0.15) is 80.9 Å². The average Bonchev–Trinajstić information content (AvgIpc) is 3.04. The van der Waals surface area contributed by atoms with Gasteiger partial charge in [0.15, 0.2) is 0 Å². The molecule has 0 amide bonds. The highest BCUT2D eigenvalue weighted by Gasteiger charge is 2.43. The highest BCUT2D eigenvalue weighted by Crippen LogP contribution is 2.57. The van der Waals surface area contributed by atoms with Crippen LogP contribution < -0.4 is 0 Å². The second-order valence-corrected chi connectivity index (χ2v) is 9.52. The summed E-state index contributed by atoms with van der Waals surface area (Å²) in [7, 11) is 0. The monoisotopic (exact) mass is 314 g/mol.